The molecular weight excluding hydrogens is 226 g/mol. The molecule has 1 heterocycles. The summed E-state index contributed by atoms with van der Waals surface area (Å²) in [5, 5.41) is 11.4. The van der Waals surface area contributed by atoms with E-state index in [-0.39, 0.29) is 12.6 Å². The number of hydrogen-bond donors (Lipinski definition) is 2. The van der Waals surface area contributed by atoms with Gasteiger partial charge in [0.2, 0.25) is 0 Å². The number of carboxylic acids is 1. The molecule has 0 saturated carbocycles. The van der Waals surface area contributed by atoms with Crippen molar-refractivity contribution < 1.29 is 19.4 Å². The number of nitrogens with one attached hydrogen (secondary N) is 1. The van der Waals surface area contributed by atoms with Crippen LogP contribution in [0.3, 0.4) is 0 Å². The smallest absolute Gasteiger partial charge is 0.317 e. The molecule has 1 aliphatic heterocycles. The van der Waals surface area contributed by atoms with Gasteiger partial charge in [0.1, 0.15) is 0 Å². The zero-order valence-electron chi connectivity index (χ0n) is 10.0. The molecule has 7 heteroatoms. The summed E-state index contributed by atoms with van der Waals surface area (Å²) in [4.78, 5) is 25.6. The lowest BCUT2D eigenvalue weighted by Crippen LogP contribution is -2.52. The number of hydrogen-bond acceptors (Lipinski definition) is 4. The highest BCUT2D eigenvalue weighted by Crippen LogP contribution is 2.01. The minimum absolute atomic E-state index is 0.0408. The van der Waals surface area contributed by atoms with Gasteiger partial charge in [-0.15, -0.1) is 0 Å². The zero-order chi connectivity index (χ0) is 12.7. The van der Waals surface area contributed by atoms with E-state index < -0.39 is 5.97 Å². The van der Waals surface area contributed by atoms with E-state index in [4.69, 9.17) is 9.84 Å². The van der Waals surface area contributed by atoms with Crippen molar-refractivity contribution in [2.24, 2.45) is 0 Å². The molecule has 1 fully saturated rings. The molecule has 7 nitrogen and oxygen atoms in total. The Hall–Kier alpha value is -1.34. The third-order valence-corrected chi connectivity index (χ3v) is 2.60. The summed E-state index contributed by atoms with van der Waals surface area (Å²) in [5.41, 5.74) is 0. The van der Waals surface area contributed by atoms with Gasteiger partial charge in [-0.3, -0.25) is 9.69 Å². The summed E-state index contributed by atoms with van der Waals surface area (Å²) in [5.74, 6) is -0.831. The topological polar surface area (TPSA) is 82.1 Å². The molecule has 2 N–H and O–H groups in total. The summed E-state index contributed by atoms with van der Waals surface area (Å²) in [6.07, 6.45) is 0. The number of amides is 2. The van der Waals surface area contributed by atoms with Gasteiger partial charge in [-0.05, 0) is 0 Å². The lowest BCUT2D eigenvalue weighted by atomic mass is 10.3. The van der Waals surface area contributed by atoms with Gasteiger partial charge < -0.3 is 20.1 Å². The number of piperazine rings is 1. The molecule has 0 aromatic heterocycles. The van der Waals surface area contributed by atoms with E-state index in [9.17, 15) is 9.59 Å². The van der Waals surface area contributed by atoms with Gasteiger partial charge in [0, 0.05) is 39.8 Å². The first-order chi connectivity index (χ1) is 8.13. The SMILES string of the molecule is COCCNC(=O)N1CCN(CC(=O)O)CC1. The van der Waals surface area contributed by atoms with Crippen LogP contribution in [0.25, 0.3) is 0 Å². The number of nitrogens with zero attached hydrogens (tertiary/aromatic N) is 2. The van der Waals surface area contributed by atoms with Crippen LogP contribution in [0.15, 0.2) is 0 Å². The van der Waals surface area contributed by atoms with E-state index >= 15 is 0 Å². The second-order valence-electron chi connectivity index (χ2n) is 3.88. The molecule has 0 radical (unpaired) electrons. The fourth-order valence-corrected chi connectivity index (χ4v) is 1.67. The minimum Gasteiger partial charge on any atom is -0.480 e. The standard InChI is InChI=1S/C10H19N3O4/c1-17-7-2-11-10(16)13-5-3-12(4-6-13)8-9(14)15/h2-8H2,1H3,(H,11,16)(H,14,15). The Kier molecular flexibility index (Phi) is 5.71. The zero-order valence-corrected chi connectivity index (χ0v) is 10.0. The predicted octanol–water partition coefficient (Wildman–Crippen LogP) is -0.955. The molecule has 1 aliphatic rings. The number of carboxylic acid groups (broad SMARTS) is 1. The predicted molar refractivity (Wildman–Crippen MR) is 60.9 cm³/mol. The first-order valence-corrected chi connectivity index (χ1v) is 5.59. The largest absolute Gasteiger partial charge is 0.480 e. The molecule has 2 amide bonds. The number of urea groups is 1. The molecule has 0 atom stereocenters. The Labute approximate surface area is 100 Å². The Morgan fingerprint density at radius 3 is 2.47 bits per heavy atom. The van der Waals surface area contributed by atoms with Crippen molar-refractivity contribution in [3.63, 3.8) is 0 Å². The first kappa shape index (κ1) is 13.7. The first-order valence-electron chi connectivity index (χ1n) is 5.59. The fourth-order valence-electron chi connectivity index (χ4n) is 1.67. The molecule has 98 valence electrons. The van der Waals surface area contributed by atoms with Gasteiger partial charge in [0.25, 0.3) is 0 Å². The summed E-state index contributed by atoms with van der Waals surface area (Å²) in [6, 6.07) is -0.114. The maximum absolute atomic E-state index is 11.6. The molecule has 0 aromatic carbocycles. The van der Waals surface area contributed by atoms with Crippen LogP contribution in [0.4, 0.5) is 4.79 Å². The van der Waals surface area contributed by atoms with E-state index in [1.165, 1.54) is 0 Å². The number of carbonyl (C=O) groups is 2. The van der Waals surface area contributed by atoms with Gasteiger partial charge >= 0.3 is 12.0 Å². The third-order valence-electron chi connectivity index (χ3n) is 2.60. The number of methoxy groups -OCH3 is 1. The van der Waals surface area contributed by atoms with Crippen molar-refractivity contribution in [3.8, 4) is 0 Å². The summed E-state index contributed by atoms with van der Waals surface area (Å²) < 4.78 is 4.83. The van der Waals surface area contributed by atoms with Crippen molar-refractivity contribution in [1.82, 2.24) is 15.1 Å². The van der Waals surface area contributed by atoms with Gasteiger partial charge in [0.05, 0.1) is 13.2 Å². The second-order valence-corrected chi connectivity index (χ2v) is 3.88. The average Bonchev–Trinajstić information content (AvgIpc) is 2.29. The molecule has 1 saturated heterocycles. The Morgan fingerprint density at radius 1 is 1.29 bits per heavy atom. The molecule has 0 spiro atoms. The van der Waals surface area contributed by atoms with Crippen LogP contribution in [0.5, 0.6) is 0 Å². The molecule has 0 bridgehead atoms. The molecule has 17 heavy (non-hydrogen) atoms. The van der Waals surface area contributed by atoms with Crippen LogP contribution < -0.4 is 5.32 Å². The maximum Gasteiger partial charge on any atom is 0.317 e. The van der Waals surface area contributed by atoms with E-state index in [0.29, 0.717) is 39.3 Å². The fraction of sp³-hybridized carbons (Fsp3) is 0.800. The lowest BCUT2D eigenvalue weighted by Gasteiger charge is -2.33. The van der Waals surface area contributed by atoms with Crippen LogP contribution >= 0.6 is 0 Å². The Balaban J connectivity index is 2.21. The van der Waals surface area contributed by atoms with Gasteiger partial charge in [0.15, 0.2) is 0 Å². The second kappa shape index (κ2) is 7.08. The lowest BCUT2D eigenvalue weighted by molar-refractivity contribution is -0.138. The molecule has 0 aliphatic carbocycles. The van der Waals surface area contributed by atoms with E-state index in [1.807, 2.05) is 4.90 Å². The molecule has 1 rings (SSSR count). The monoisotopic (exact) mass is 245 g/mol. The highest BCUT2D eigenvalue weighted by molar-refractivity contribution is 5.74. The third kappa shape index (κ3) is 5.01. The van der Waals surface area contributed by atoms with Crippen molar-refractivity contribution in [3.05, 3.63) is 0 Å². The average molecular weight is 245 g/mol. The number of rotatable bonds is 5. The molecule has 0 aromatic rings. The Morgan fingerprint density at radius 2 is 1.94 bits per heavy atom. The molecular formula is C10H19N3O4. The number of ether oxygens (including phenoxy) is 1. The molecule has 0 unspecified atom stereocenters. The van der Waals surface area contributed by atoms with Gasteiger partial charge in [-0.1, -0.05) is 0 Å². The van der Waals surface area contributed by atoms with Crippen molar-refractivity contribution in [2.75, 3.05) is 53.0 Å². The van der Waals surface area contributed by atoms with Crippen LogP contribution in [-0.2, 0) is 9.53 Å². The van der Waals surface area contributed by atoms with Gasteiger partial charge in [-0.2, -0.15) is 0 Å². The summed E-state index contributed by atoms with van der Waals surface area (Å²) >= 11 is 0. The number of carbonyl (C=O) groups excluding carboxylic acids is 1. The van der Waals surface area contributed by atoms with Crippen LogP contribution in [0.2, 0.25) is 0 Å². The maximum atomic E-state index is 11.6. The van der Waals surface area contributed by atoms with Crippen molar-refractivity contribution >= 4 is 12.0 Å². The summed E-state index contributed by atoms with van der Waals surface area (Å²) in [6.45, 7) is 3.35. The summed E-state index contributed by atoms with van der Waals surface area (Å²) in [7, 11) is 1.58. The van der Waals surface area contributed by atoms with Crippen molar-refractivity contribution in [1.29, 1.82) is 0 Å². The van der Waals surface area contributed by atoms with E-state index in [0.717, 1.165) is 0 Å². The highest BCUT2D eigenvalue weighted by atomic mass is 16.5. The van der Waals surface area contributed by atoms with Crippen LogP contribution in [0.1, 0.15) is 0 Å². The van der Waals surface area contributed by atoms with E-state index in [1.54, 1.807) is 12.0 Å². The van der Waals surface area contributed by atoms with Crippen LogP contribution in [-0.4, -0.2) is 79.9 Å². The van der Waals surface area contributed by atoms with E-state index in [2.05, 4.69) is 5.32 Å². The highest BCUT2D eigenvalue weighted by Gasteiger charge is 2.21. The van der Waals surface area contributed by atoms with Crippen LogP contribution in [0, 0.1) is 0 Å². The van der Waals surface area contributed by atoms with Gasteiger partial charge in [-0.25, -0.2) is 4.79 Å². The number of aliphatic carboxylic acids is 1. The van der Waals surface area contributed by atoms with Crippen molar-refractivity contribution in [2.45, 2.75) is 0 Å². The normalized spacial score (nSPS) is 16.9. The quantitative estimate of drug-likeness (QED) is 0.610. The minimum atomic E-state index is -0.831. The Bertz CT molecular complexity index is 264.